The Morgan fingerprint density at radius 2 is 2.11 bits per heavy atom. The fourth-order valence-electron chi connectivity index (χ4n) is 3.19. The fraction of sp³-hybridized carbons (Fsp3) is 0.929. The first-order valence-electron chi connectivity index (χ1n) is 7.61. The second kappa shape index (κ2) is 7.22. The summed E-state index contributed by atoms with van der Waals surface area (Å²) >= 11 is 0. The van der Waals surface area contributed by atoms with Crippen molar-refractivity contribution in [2.45, 2.75) is 31.7 Å². The smallest absolute Gasteiger partial charge is 0.236 e. The molecule has 0 aromatic heterocycles. The van der Waals surface area contributed by atoms with Crippen molar-refractivity contribution < 1.29 is 4.79 Å². The molecule has 0 aromatic rings. The van der Waals surface area contributed by atoms with Gasteiger partial charge in [-0.1, -0.05) is 0 Å². The Labute approximate surface area is 116 Å². The number of fused-ring (bicyclic) bond motifs is 1. The number of rotatable bonds is 5. The van der Waals surface area contributed by atoms with Gasteiger partial charge < -0.3 is 10.6 Å². The molecule has 1 amide bonds. The molecule has 0 bridgehead atoms. The third-order valence-corrected chi connectivity index (χ3v) is 4.37. The van der Waals surface area contributed by atoms with Gasteiger partial charge in [0.25, 0.3) is 0 Å². The predicted octanol–water partition coefficient (Wildman–Crippen LogP) is -0.0363. The Morgan fingerprint density at radius 1 is 1.32 bits per heavy atom. The van der Waals surface area contributed by atoms with E-state index >= 15 is 0 Å². The summed E-state index contributed by atoms with van der Waals surface area (Å²) < 4.78 is 0. The third kappa shape index (κ3) is 4.16. The van der Waals surface area contributed by atoms with E-state index in [0.29, 0.717) is 19.1 Å². The van der Waals surface area contributed by atoms with Crippen LogP contribution in [0, 0.1) is 0 Å². The molecule has 110 valence electrons. The van der Waals surface area contributed by atoms with E-state index < -0.39 is 0 Å². The van der Waals surface area contributed by atoms with Crippen LogP contribution in [0.2, 0.25) is 0 Å². The van der Waals surface area contributed by atoms with Crippen molar-refractivity contribution in [2.24, 2.45) is 5.73 Å². The first kappa shape index (κ1) is 14.8. The molecule has 0 radical (unpaired) electrons. The maximum absolute atomic E-state index is 12.2. The quantitative estimate of drug-likeness (QED) is 0.760. The van der Waals surface area contributed by atoms with Crippen molar-refractivity contribution in [3.8, 4) is 0 Å². The number of amides is 1. The summed E-state index contributed by atoms with van der Waals surface area (Å²) in [5.41, 5.74) is 5.49. The molecule has 2 rings (SSSR count). The van der Waals surface area contributed by atoms with E-state index in [9.17, 15) is 4.79 Å². The molecule has 2 heterocycles. The monoisotopic (exact) mass is 268 g/mol. The predicted molar refractivity (Wildman–Crippen MR) is 77.0 cm³/mol. The van der Waals surface area contributed by atoms with E-state index in [1.807, 2.05) is 11.9 Å². The van der Waals surface area contributed by atoms with Gasteiger partial charge in [0.2, 0.25) is 5.91 Å². The summed E-state index contributed by atoms with van der Waals surface area (Å²) in [5.74, 6) is 0.236. The summed E-state index contributed by atoms with van der Waals surface area (Å²) in [7, 11) is 1.89. The van der Waals surface area contributed by atoms with Crippen molar-refractivity contribution in [1.82, 2.24) is 14.7 Å². The highest BCUT2D eigenvalue weighted by Crippen LogP contribution is 2.21. The van der Waals surface area contributed by atoms with Gasteiger partial charge in [0.15, 0.2) is 0 Å². The van der Waals surface area contributed by atoms with Crippen LogP contribution in [0.5, 0.6) is 0 Å². The fourth-order valence-corrected chi connectivity index (χ4v) is 3.19. The molecule has 2 saturated heterocycles. The zero-order chi connectivity index (χ0) is 13.7. The summed E-state index contributed by atoms with van der Waals surface area (Å²) in [6.07, 6.45) is 4.70. The van der Waals surface area contributed by atoms with Crippen LogP contribution < -0.4 is 5.73 Å². The highest BCUT2D eigenvalue weighted by atomic mass is 16.2. The molecule has 1 atom stereocenters. The van der Waals surface area contributed by atoms with Crippen molar-refractivity contribution in [3.05, 3.63) is 0 Å². The SMILES string of the molecule is CN(CCCN)C(=O)CN1CCCN2CCCC2C1. The van der Waals surface area contributed by atoms with Gasteiger partial charge in [0.1, 0.15) is 0 Å². The minimum atomic E-state index is 0.236. The lowest BCUT2D eigenvalue weighted by molar-refractivity contribution is -0.131. The van der Waals surface area contributed by atoms with E-state index in [0.717, 1.165) is 26.1 Å². The molecule has 2 N–H and O–H groups in total. The molecule has 19 heavy (non-hydrogen) atoms. The zero-order valence-corrected chi connectivity index (χ0v) is 12.2. The first-order valence-corrected chi connectivity index (χ1v) is 7.61. The molecule has 0 aromatic carbocycles. The third-order valence-electron chi connectivity index (χ3n) is 4.37. The molecule has 0 saturated carbocycles. The van der Waals surface area contributed by atoms with Crippen LogP contribution in [-0.4, -0.2) is 79.5 Å². The van der Waals surface area contributed by atoms with Crippen LogP contribution in [0.3, 0.4) is 0 Å². The van der Waals surface area contributed by atoms with Crippen LogP contribution in [-0.2, 0) is 4.79 Å². The summed E-state index contributed by atoms with van der Waals surface area (Å²) in [4.78, 5) is 18.9. The number of hydrogen-bond acceptors (Lipinski definition) is 4. The number of likely N-dealkylation sites (N-methyl/N-ethyl adjacent to an activating group) is 1. The number of hydrogen-bond donors (Lipinski definition) is 1. The number of carbonyl (C=O) groups excluding carboxylic acids is 1. The van der Waals surface area contributed by atoms with Gasteiger partial charge in [0.05, 0.1) is 6.54 Å². The molecule has 5 nitrogen and oxygen atoms in total. The molecule has 5 heteroatoms. The number of carbonyl (C=O) groups is 1. The molecule has 2 aliphatic rings. The Kier molecular flexibility index (Phi) is 5.60. The van der Waals surface area contributed by atoms with Crippen molar-refractivity contribution in [2.75, 3.05) is 52.9 Å². The van der Waals surface area contributed by atoms with E-state index in [2.05, 4.69) is 9.80 Å². The lowest BCUT2D eigenvalue weighted by Crippen LogP contribution is -2.42. The average Bonchev–Trinajstić information content (AvgIpc) is 2.75. The van der Waals surface area contributed by atoms with Gasteiger partial charge >= 0.3 is 0 Å². The van der Waals surface area contributed by atoms with Gasteiger partial charge in [-0.25, -0.2) is 0 Å². The van der Waals surface area contributed by atoms with Crippen LogP contribution in [0.1, 0.15) is 25.7 Å². The number of nitrogens with two attached hydrogens (primary N) is 1. The Bertz CT molecular complexity index is 297. The largest absolute Gasteiger partial charge is 0.345 e. The molecule has 0 spiro atoms. The summed E-state index contributed by atoms with van der Waals surface area (Å²) in [6.45, 7) is 6.59. The average molecular weight is 268 g/mol. The molecular formula is C14H28N4O. The van der Waals surface area contributed by atoms with Crippen molar-refractivity contribution >= 4 is 5.91 Å². The topological polar surface area (TPSA) is 52.8 Å². The summed E-state index contributed by atoms with van der Waals surface area (Å²) in [6, 6.07) is 0.685. The minimum absolute atomic E-state index is 0.236. The van der Waals surface area contributed by atoms with Crippen LogP contribution in [0.4, 0.5) is 0 Å². The number of nitrogens with zero attached hydrogens (tertiary/aromatic N) is 3. The lowest BCUT2D eigenvalue weighted by atomic mass is 10.2. The van der Waals surface area contributed by atoms with E-state index in [4.69, 9.17) is 5.73 Å². The normalized spacial score (nSPS) is 25.1. The van der Waals surface area contributed by atoms with Crippen LogP contribution in [0.25, 0.3) is 0 Å². The first-order chi connectivity index (χ1) is 9.20. The van der Waals surface area contributed by atoms with E-state index in [1.165, 1.54) is 32.4 Å². The lowest BCUT2D eigenvalue weighted by Gasteiger charge is -2.27. The highest BCUT2D eigenvalue weighted by molar-refractivity contribution is 5.77. The van der Waals surface area contributed by atoms with Crippen molar-refractivity contribution in [3.63, 3.8) is 0 Å². The van der Waals surface area contributed by atoms with E-state index in [1.54, 1.807) is 0 Å². The maximum Gasteiger partial charge on any atom is 0.236 e. The van der Waals surface area contributed by atoms with Crippen LogP contribution in [0.15, 0.2) is 0 Å². The Morgan fingerprint density at radius 3 is 2.89 bits per heavy atom. The second-order valence-electron chi connectivity index (χ2n) is 5.88. The van der Waals surface area contributed by atoms with Gasteiger partial charge in [-0.05, 0) is 51.9 Å². The second-order valence-corrected chi connectivity index (χ2v) is 5.88. The molecule has 0 aliphatic carbocycles. The molecule has 2 fully saturated rings. The maximum atomic E-state index is 12.2. The molecular weight excluding hydrogens is 240 g/mol. The van der Waals surface area contributed by atoms with Gasteiger partial charge in [-0.3, -0.25) is 14.6 Å². The Hall–Kier alpha value is -0.650. The van der Waals surface area contributed by atoms with Crippen molar-refractivity contribution in [1.29, 1.82) is 0 Å². The standard InChI is InChI=1S/C14H28N4O/c1-16(7-3-6-15)14(19)12-17-8-4-10-18-9-2-5-13(18)11-17/h13H,2-12,15H2,1H3. The van der Waals surface area contributed by atoms with Gasteiger partial charge in [-0.2, -0.15) is 0 Å². The highest BCUT2D eigenvalue weighted by Gasteiger charge is 2.29. The Balaban J connectivity index is 1.79. The van der Waals surface area contributed by atoms with Gasteiger partial charge in [-0.15, -0.1) is 0 Å². The van der Waals surface area contributed by atoms with Gasteiger partial charge in [0, 0.05) is 26.2 Å². The van der Waals surface area contributed by atoms with Crippen LogP contribution >= 0.6 is 0 Å². The molecule has 1 unspecified atom stereocenters. The molecule has 2 aliphatic heterocycles. The zero-order valence-electron chi connectivity index (χ0n) is 12.2. The minimum Gasteiger partial charge on any atom is -0.345 e. The van der Waals surface area contributed by atoms with E-state index in [-0.39, 0.29) is 5.91 Å². The summed E-state index contributed by atoms with van der Waals surface area (Å²) in [5, 5.41) is 0.